The summed E-state index contributed by atoms with van der Waals surface area (Å²) < 4.78 is 10.2. The van der Waals surface area contributed by atoms with Crippen LogP contribution in [0.25, 0.3) is 23.1 Å². The average Bonchev–Trinajstić information content (AvgIpc) is 2.71. The second-order valence-electron chi connectivity index (χ2n) is 6.01. The van der Waals surface area contributed by atoms with Crippen LogP contribution in [0.1, 0.15) is 11.1 Å². The molecule has 0 bridgehead atoms. The first-order chi connectivity index (χ1) is 13.5. The van der Waals surface area contributed by atoms with Gasteiger partial charge >= 0.3 is 0 Å². The van der Waals surface area contributed by atoms with E-state index in [9.17, 15) is 14.7 Å². The number of hydrogen-bond acceptors (Lipinski definition) is 5. The highest BCUT2D eigenvalue weighted by molar-refractivity contribution is 6.04. The topological polar surface area (TPSA) is 88.6 Å². The lowest BCUT2D eigenvalue weighted by molar-refractivity contribution is -0.110. The average molecular weight is 377 g/mol. The highest BCUT2D eigenvalue weighted by Gasteiger charge is 2.03. The van der Waals surface area contributed by atoms with E-state index in [-0.39, 0.29) is 17.1 Å². The molecule has 0 spiro atoms. The molecule has 3 rings (SSSR count). The van der Waals surface area contributed by atoms with Gasteiger partial charge in [0, 0.05) is 16.5 Å². The number of hydrogen-bond donors (Lipinski definition) is 2. The molecule has 0 amide bonds. The Hall–Kier alpha value is -3.80. The zero-order valence-electron chi connectivity index (χ0n) is 15.4. The van der Waals surface area contributed by atoms with Crippen molar-refractivity contribution in [2.24, 2.45) is 0 Å². The van der Waals surface area contributed by atoms with E-state index in [0.29, 0.717) is 28.1 Å². The number of benzene rings is 2. The van der Waals surface area contributed by atoms with Crippen LogP contribution in [0, 0.1) is 0 Å². The number of H-pyrrole nitrogens is 1. The van der Waals surface area contributed by atoms with E-state index in [1.165, 1.54) is 31.4 Å². The Balaban J connectivity index is 1.80. The summed E-state index contributed by atoms with van der Waals surface area (Å²) in [5, 5.41) is 10.4. The molecule has 0 radical (unpaired) electrons. The Morgan fingerprint density at radius 3 is 2.54 bits per heavy atom. The number of ether oxygens (including phenoxy) is 2. The van der Waals surface area contributed by atoms with Crippen molar-refractivity contribution >= 4 is 28.8 Å². The summed E-state index contributed by atoms with van der Waals surface area (Å²) >= 11 is 0. The van der Waals surface area contributed by atoms with E-state index in [1.807, 2.05) is 6.07 Å². The second-order valence-corrected chi connectivity index (χ2v) is 6.01. The van der Waals surface area contributed by atoms with E-state index in [1.54, 1.807) is 43.5 Å². The predicted molar refractivity (Wildman–Crippen MR) is 109 cm³/mol. The van der Waals surface area contributed by atoms with Crippen molar-refractivity contribution in [2.75, 3.05) is 14.2 Å². The Morgan fingerprint density at radius 2 is 1.79 bits per heavy atom. The SMILES string of the molecule is COc1ccc2[nH]c(=O)c(/C=C/C(=O)/C=C/c3ccc(O)c(OC)c3)cc2c1. The van der Waals surface area contributed by atoms with Crippen LogP contribution in [-0.4, -0.2) is 30.1 Å². The minimum atomic E-state index is -0.283. The van der Waals surface area contributed by atoms with Crippen LogP contribution in [0.5, 0.6) is 17.2 Å². The van der Waals surface area contributed by atoms with Crippen LogP contribution in [0.3, 0.4) is 0 Å². The Kier molecular flexibility index (Phi) is 5.60. The number of allylic oxidation sites excluding steroid dienone is 2. The van der Waals surface area contributed by atoms with Crippen molar-refractivity contribution < 1.29 is 19.4 Å². The van der Waals surface area contributed by atoms with Crippen molar-refractivity contribution in [3.8, 4) is 17.2 Å². The standard InChI is InChI=1S/C22H19NO5/c1-27-18-8-9-19-16(13-18)12-15(22(26)23-19)5-7-17(24)6-3-14-4-10-20(25)21(11-14)28-2/h3-13,25H,1-2H3,(H,23,26)/b6-3+,7-5+. The predicted octanol–water partition coefficient (Wildman–Crippen LogP) is 3.55. The molecule has 142 valence electrons. The van der Waals surface area contributed by atoms with Gasteiger partial charge in [-0.25, -0.2) is 0 Å². The number of phenols is 1. The number of pyridine rings is 1. The van der Waals surface area contributed by atoms with Crippen LogP contribution in [0.4, 0.5) is 0 Å². The monoisotopic (exact) mass is 377 g/mol. The smallest absolute Gasteiger partial charge is 0.255 e. The van der Waals surface area contributed by atoms with Gasteiger partial charge < -0.3 is 19.6 Å². The van der Waals surface area contributed by atoms with E-state index in [0.717, 1.165) is 5.39 Å². The molecule has 0 aliphatic carbocycles. The van der Waals surface area contributed by atoms with Gasteiger partial charge in [0.25, 0.3) is 5.56 Å². The number of rotatable bonds is 6. The summed E-state index contributed by atoms with van der Waals surface area (Å²) in [5.74, 6) is 0.747. The fourth-order valence-electron chi connectivity index (χ4n) is 2.66. The third kappa shape index (κ3) is 4.29. The summed E-state index contributed by atoms with van der Waals surface area (Å²) in [5.41, 5.74) is 1.48. The molecule has 0 saturated heterocycles. The molecule has 3 aromatic rings. The molecular weight excluding hydrogens is 358 g/mol. The first-order valence-electron chi connectivity index (χ1n) is 8.48. The Labute approximate surface area is 161 Å². The van der Waals surface area contributed by atoms with Crippen LogP contribution in [-0.2, 0) is 4.79 Å². The van der Waals surface area contributed by atoms with Gasteiger partial charge in [0.05, 0.1) is 14.2 Å². The number of aromatic amines is 1. The minimum Gasteiger partial charge on any atom is -0.504 e. The first kappa shape index (κ1) is 19.0. The minimum absolute atomic E-state index is 0.0260. The number of carbonyl (C=O) groups excluding carboxylic acids is 1. The van der Waals surface area contributed by atoms with E-state index in [4.69, 9.17) is 9.47 Å². The molecule has 0 aliphatic heterocycles. The van der Waals surface area contributed by atoms with Crippen molar-refractivity contribution in [3.63, 3.8) is 0 Å². The van der Waals surface area contributed by atoms with Crippen LogP contribution in [0.2, 0.25) is 0 Å². The van der Waals surface area contributed by atoms with Crippen molar-refractivity contribution in [2.45, 2.75) is 0 Å². The maximum Gasteiger partial charge on any atom is 0.255 e. The number of ketones is 1. The van der Waals surface area contributed by atoms with Gasteiger partial charge in [-0.15, -0.1) is 0 Å². The number of aromatic nitrogens is 1. The molecule has 28 heavy (non-hydrogen) atoms. The fourth-order valence-corrected chi connectivity index (χ4v) is 2.66. The molecule has 1 heterocycles. The molecule has 0 atom stereocenters. The number of carbonyl (C=O) groups is 1. The Bertz CT molecular complexity index is 1140. The van der Waals surface area contributed by atoms with Gasteiger partial charge in [0.1, 0.15) is 5.75 Å². The van der Waals surface area contributed by atoms with Crippen molar-refractivity contribution in [1.29, 1.82) is 0 Å². The van der Waals surface area contributed by atoms with Crippen molar-refractivity contribution in [1.82, 2.24) is 4.98 Å². The summed E-state index contributed by atoms with van der Waals surface area (Å²) in [6.07, 6.45) is 5.78. The molecule has 1 aromatic heterocycles. The number of fused-ring (bicyclic) bond motifs is 1. The molecule has 2 N–H and O–H groups in total. The van der Waals surface area contributed by atoms with Gasteiger partial charge in [-0.05, 0) is 60.2 Å². The quantitative estimate of drug-likeness (QED) is 0.642. The van der Waals surface area contributed by atoms with E-state index < -0.39 is 0 Å². The summed E-state index contributed by atoms with van der Waals surface area (Å²) in [6, 6.07) is 11.8. The van der Waals surface area contributed by atoms with Gasteiger partial charge in [-0.3, -0.25) is 9.59 Å². The van der Waals surface area contributed by atoms with E-state index in [2.05, 4.69) is 4.98 Å². The number of aromatic hydroxyl groups is 1. The van der Waals surface area contributed by atoms with Gasteiger partial charge in [-0.2, -0.15) is 0 Å². The lowest BCUT2D eigenvalue weighted by Crippen LogP contribution is -2.09. The lowest BCUT2D eigenvalue weighted by Gasteiger charge is -2.03. The molecule has 0 unspecified atom stereocenters. The maximum atomic E-state index is 12.2. The fraction of sp³-hybridized carbons (Fsp3) is 0.0909. The van der Waals surface area contributed by atoms with Gasteiger partial charge in [-0.1, -0.05) is 12.1 Å². The number of methoxy groups -OCH3 is 2. The van der Waals surface area contributed by atoms with Crippen LogP contribution in [0.15, 0.2) is 59.4 Å². The summed E-state index contributed by atoms with van der Waals surface area (Å²) in [6.45, 7) is 0. The van der Waals surface area contributed by atoms with E-state index >= 15 is 0 Å². The number of phenolic OH excluding ortho intramolecular Hbond substituents is 1. The summed E-state index contributed by atoms with van der Waals surface area (Å²) in [4.78, 5) is 27.1. The number of nitrogens with one attached hydrogen (secondary N) is 1. The van der Waals surface area contributed by atoms with Crippen molar-refractivity contribution in [3.05, 3.63) is 76.1 Å². The third-order valence-electron chi connectivity index (χ3n) is 4.15. The Morgan fingerprint density at radius 1 is 1.00 bits per heavy atom. The molecule has 2 aromatic carbocycles. The summed E-state index contributed by atoms with van der Waals surface area (Å²) in [7, 11) is 3.02. The maximum absolute atomic E-state index is 12.2. The third-order valence-corrected chi connectivity index (χ3v) is 4.15. The van der Waals surface area contributed by atoms with Gasteiger partial charge in [0.15, 0.2) is 17.3 Å². The highest BCUT2D eigenvalue weighted by atomic mass is 16.5. The lowest BCUT2D eigenvalue weighted by atomic mass is 10.1. The highest BCUT2D eigenvalue weighted by Crippen LogP contribution is 2.26. The van der Waals surface area contributed by atoms with Crippen LogP contribution >= 0.6 is 0 Å². The zero-order chi connectivity index (χ0) is 20.1. The second kappa shape index (κ2) is 8.26. The first-order valence-corrected chi connectivity index (χ1v) is 8.48. The molecule has 0 aliphatic rings. The molecule has 0 saturated carbocycles. The zero-order valence-corrected chi connectivity index (χ0v) is 15.4. The molecule has 6 nitrogen and oxygen atoms in total. The largest absolute Gasteiger partial charge is 0.504 e. The molecule has 6 heteroatoms. The normalized spacial score (nSPS) is 11.4. The molecular formula is C22H19NO5. The van der Waals surface area contributed by atoms with Crippen LogP contribution < -0.4 is 15.0 Å². The van der Waals surface area contributed by atoms with Gasteiger partial charge in [0.2, 0.25) is 0 Å². The molecule has 0 fully saturated rings.